The second kappa shape index (κ2) is 3.63. The van der Waals surface area contributed by atoms with E-state index in [1.54, 1.807) is 12.1 Å². The number of hydrogen-bond acceptors (Lipinski definition) is 3. The monoisotopic (exact) mass is 270 g/mol. The first-order valence-corrected chi connectivity index (χ1v) is 4.93. The molecule has 6 heteroatoms. The van der Waals surface area contributed by atoms with Gasteiger partial charge in [-0.15, -0.1) is 0 Å². The molecule has 0 saturated carbocycles. The number of rotatable bonds is 2. The van der Waals surface area contributed by atoms with E-state index in [4.69, 9.17) is 5.11 Å². The molecule has 1 aromatic carbocycles. The van der Waals surface area contributed by atoms with Crippen molar-refractivity contribution in [2.45, 2.75) is 6.10 Å². The summed E-state index contributed by atoms with van der Waals surface area (Å²) < 4.78 is 0.664. The Morgan fingerprint density at radius 1 is 1.53 bits per heavy atom. The van der Waals surface area contributed by atoms with Gasteiger partial charge in [-0.3, -0.25) is 5.10 Å². The predicted octanol–water partition coefficient (Wildman–Crippen LogP) is 1.44. The lowest BCUT2D eigenvalue weighted by Gasteiger charge is -2.04. The minimum Gasteiger partial charge on any atom is -0.479 e. The number of carbonyl (C=O) groups is 1. The zero-order valence-corrected chi connectivity index (χ0v) is 9.02. The van der Waals surface area contributed by atoms with Gasteiger partial charge in [-0.25, -0.2) is 4.79 Å². The average molecular weight is 271 g/mol. The molecule has 1 unspecified atom stereocenters. The first-order valence-electron chi connectivity index (χ1n) is 4.14. The Balaban J connectivity index is 2.54. The molecular formula is C9H7BrN2O3. The van der Waals surface area contributed by atoms with E-state index in [2.05, 4.69) is 26.1 Å². The van der Waals surface area contributed by atoms with Crippen LogP contribution in [0.5, 0.6) is 0 Å². The number of hydrogen-bond donors (Lipinski definition) is 3. The molecule has 1 aromatic heterocycles. The molecule has 1 heterocycles. The van der Waals surface area contributed by atoms with Crippen molar-refractivity contribution in [2.75, 3.05) is 0 Å². The van der Waals surface area contributed by atoms with Crippen molar-refractivity contribution in [3.05, 3.63) is 28.4 Å². The van der Waals surface area contributed by atoms with Crippen molar-refractivity contribution >= 4 is 32.8 Å². The largest absolute Gasteiger partial charge is 0.479 e. The summed E-state index contributed by atoms with van der Waals surface area (Å²) in [5.41, 5.74) is 1.04. The minimum absolute atomic E-state index is 0.331. The summed E-state index contributed by atoms with van der Waals surface area (Å²) in [5.74, 6) is -1.27. The number of nitrogens with zero attached hydrogens (tertiary/aromatic N) is 1. The van der Waals surface area contributed by atoms with Crippen LogP contribution in [0.15, 0.2) is 22.8 Å². The first-order chi connectivity index (χ1) is 7.09. The number of benzene rings is 1. The molecule has 0 aliphatic rings. The van der Waals surface area contributed by atoms with Gasteiger partial charge in [-0.2, -0.15) is 5.10 Å². The van der Waals surface area contributed by atoms with Crippen molar-refractivity contribution in [3.63, 3.8) is 0 Å². The number of H-pyrrole nitrogens is 1. The van der Waals surface area contributed by atoms with Crippen LogP contribution in [0.2, 0.25) is 0 Å². The third kappa shape index (κ3) is 1.73. The molecule has 78 valence electrons. The van der Waals surface area contributed by atoms with Crippen molar-refractivity contribution in [3.8, 4) is 0 Å². The number of aromatic amines is 1. The lowest BCUT2D eigenvalue weighted by Crippen LogP contribution is -2.10. The lowest BCUT2D eigenvalue weighted by molar-refractivity contribution is -0.146. The molecule has 0 radical (unpaired) electrons. The van der Waals surface area contributed by atoms with E-state index in [0.717, 1.165) is 5.39 Å². The predicted molar refractivity (Wildman–Crippen MR) is 56.4 cm³/mol. The highest BCUT2D eigenvalue weighted by Gasteiger charge is 2.16. The van der Waals surface area contributed by atoms with E-state index in [1.165, 1.54) is 6.07 Å². The number of carboxylic acids is 1. The van der Waals surface area contributed by atoms with Gasteiger partial charge >= 0.3 is 5.97 Å². The molecule has 5 nitrogen and oxygen atoms in total. The molecule has 0 saturated heterocycles. The van der Waals surface area contributed by atoms with E-state index in [1.807, 2.05) is 0 Å². The van der Waals surface area contributed by atoms with Gasteiger partial charge in [0, 0.05) is 5.39 Å². The van der Waals surface area contributed by atoms with Gasteiger partial charge in [0.05, 0.1) is 5.52 Å². The molecule has 0 bridgehead atoms. The Kier molecular flexibility index (Phi) is 2.45. The van der Waals surface area contributed by atoms with Crippen LogP contribution in [-0.2, 0) is 4.79 Å². The Hall–Kier alpha value is -1.40. The van der Waals surface area contributed by atoms with Crippen molar-refractivity contribution in [1.29, 1.82) is 0 Å². The zero-order valence-electron chi connectivity index (χ0n) is 7.44. The summed E-state index contributed by atoms with van der Waals surface area (Å²) in [7, 11) is 0. The third-order valence-electron chi connectivity index (χ3n) is 2.08. The van der Waals surface area contributed by atoms with Crippen molar-refractivity contribution in [2.24, 2.45) is 0 Å². The maximum absolute atomic E-state index is 10.6. The number of halogens is 1. The number of carboxylic acid groups (broad SMARTS) is 1. The van der Waals surface area contributed by atoms with E-state index < -0.39 is 12.1 Å². The van der Waals surface area contributed by atoms with E-state index in [9.17, 15) is 9.90 Å². The van der Waals surface area contributed by atoms with Gasteiger partial charge in [-0.05, 0) is 33.6 Å². The molecule has 2 aromatic rings. The van der Waals surface area contributed by atoms with Crippen molar-refractivity contribution in [1.82, 2.24) is 10.2 Å². The van der Waals surface area contributed by atoms with Crippen LogP contribution in [0.25, 0.3) is 10.9 Å². The summed E-state index contributed by atoms with van der Waals surface area (Å²) >= 11 is 3.24. The highest BCUT2D eigenvalue weighted by molar-refractivity contribution is 9.10. The van der Waals surface area contributed by atoms with Crippen molar-refractivity contribution < 1.29 is 15.0 Å². The normalized spacial score (nSPS) is 12.9. The lowest BCUT2D eigenvalue weighted by atomic mass is 10.1. The van der Waals surface area contributed by atoms with Crippen LogP contribution >= 0.6 is 15.9 Å². The van der Waals surface area contributed by atoms with Gasteiger partial charge in [0.15, 0.2) is 6.10 Å². The fourth-order valence-corrected chi connectivity index (χ4v) is 1.72. The highest BCUT2D eigenvalue weighted by Crippen LogP contribution is 2.24. The smallest absolute Gasteiger partial charge is 0.337 e. The number of aliphatic carboxylic acids is 1. The van der Waals surface area contributed by atoms with Gasteiger partial charge in [0.25, 0.3) is 0 Å². The molecular weight excluding hydrogens is 264 g/mol. The van der Waals surface area contributed by atoms with Gasteiger partial charge in [0.1, 0.15) is 4.60 Å². The van der Waals surface area contributed by atoms with Gasteiger partial charge < -0.3 is 10.2 Å². The maximum atomic E-state index is 10.6. The number of nitrogens with one attached hydrogen (secondary N) is 1. The molecule has 0 aliphatic heterocycles. The Labute approximate surface area is 92.9 Å². The Bertz CT molecular complexity index is 523. The zero-order chi connectivity index (χ0) is 11.0. The summed E-state index contributed by atoms with van der Waals surface area (Å²) in [6.07, 6.45) is -1.50. The summed E-state index contributed by atoms with van der Waals surface area (Å²) in [6, 6.07) is 4.77. The Morgan fingerprint density at radius 3 is 2.93 bits per heavy atom. The van der Waals surface area contributed by atoms with Crippen LogP contribution in [0, 0.1) is 0 Å². The van der Waals surface area contributed by atoms with E-state index >= 15 is 0 Å². The number of aliphatic hydroxyl groups is 1. The molecule has 0 fully saturated rings. The second-order valence-corrected chi connectivity index (χ2v) is 3.85. The average Bonchev–Trinajstić information content (AvgIpc) is 2.59. The molecule has 2 rings (SSSR count). The highest BCUT2D eigenvalue weighted by atomic mass is 79.9. The SMILES string of the molecule is O=C(O)C(O)c1ccc2n[nH]c(Br)c2c1. The number of aliphatic hydroxyl groups excluding tert-OH is 1. The van der Waals surface area contributed by atoms with Crippen LogP contribution in [-0.4, -0.2) is 26.4 Å². The molecule has 15 heavy (non-hydrogen) atoms. The number of fused-ring (bicyclic) bond motifs is 1. The fourth-order valence-electron chi connectivity index (χ4n) is 1.31. The van der Waals surface area contributed by atoms with Crippen LogP contribution < -0.4 is 0 Å². The van der Waals surface area contributed by atoms with Gasteiger partial charge in [-0.1, -0.05) is 6.07 Å². The quantitative estimate of drug-likeness (QED) is 0.771. The van der Waals surface area contributed by atoms with Gasteiger partial charge in [0.2, 0.25) is 0 Å². The molecule has 1 atom stereocenters. The summed E-state index contributed by atoms with van der Waals surface area (Å²) in [4.78, 5) is 10.6. The third-order valence-corrected chi connectivity index (χ3v) is 2.69. The standard InChI is InChI=1S/C9H7BrN2O3/c10-8-5-3-4(7(13)9(14)15)1-2-6(5)11-12-8/h1-3,7,13H,(H,11,12)(H,14,15). The topological polar surface area (TPSA) is 86.2 Å². The fraction of sp³-hybridized carbons (Fsp3) is 0.111. The van der Waals surface area contributed by atoms with E-state index in [0.29, 0.717) is 15.7 Å². The first kappa shape index (κ1) is 10.1. The molecule has 3 N–H and O–H groups in total. The summed E-state index contributed by atoms with van der Waals surface area (Å²) in [6.45, 7) is 0. The van der Waals surface area contributed by atoms with E-state index in [-0.39, 0.29) is 0 Å². The molecule has 0 aliphatic carbocycles. The minimum atomic E-state index is -1.50. The molecule has 0 amide bonds. The number of aromatic nitrogens is 2. The van der Waals surface area contributed by atoms with Crippen LogP contribution in [0.4, 0.5) is 0 Å². The maximum Gasteiger partial charge on any atom is 0.337 e. The Morgan fingerprint density at radius 2 is 2.27 bits per heavy atom. The molecule has 0 spiro atoms. The summed E-state index contributed by atoms with van der Waals surface area (Å²) in [5, 5.41) is 25.4. The van der Waals surface area contributed by atoms with Crippen LogP contribution in [0.3, 0.4) is 0 Å². The second-order valence-electron chi connectivity index (χ2n) is 3.05. The van der Waals surface area contributed by atoms with Crippen LogP contribution in [0.1, 0.15) is 11.7 Å².